The predicted molar refractivity (Wildman–Crippen MR) is 64.1 cm³/mol. The maximum Gasteiger partial charge on any atom is 0.0928 e. The van der Waals surface area contributed by atoms with Gasteiger partial charge in [0, 0.05) is 5.38 Å². The van der Waals surface area contributed by atoms with Gasteiger partial charge in [0.1, 0.15) is 0 Å². The van der Waals surface area contributed by atoms with Gasteiger partial charge in [-0.1, -0.05) is 32.6 Å². The van der Waals surface area contributed by atoms with Crippen molar-refractivity contribution in [2.45, 2.75) is 51.3 Å². The quantitative estimate of drug-likeness (QED) is 0.501. The second-order valence-corrected chi connectivity index (χ2v) is 4.74. The molecular weight excluding hydrogens is 214 g/mol. The summed E-state index contributed by atoms with van der Waals surface area (Å²) >= 11 is 7.43. The number of nitrogens with zero attached hydrogens (tertiary/aromatic N) is 1. The van der Waals surface area contributed by atoms with Crippen molar-refractivity contribution in [1.29, 1.82) is 0 Å². The van der Waals surface area contributed by atoms with Gasteiger partial charge in [-0.05, 0) is 12.8 Å². The Morgan fingerprint density at radius 3 is 2.71 bits per heavy atom. The molecule has 0 N–H and O–H groups in total. The second kappa shape index (κ2) is 7.24. The van der Waals surface area contributed by atoms with Crippen LogP contribution >= 0.6 is 22.9 Å². The number of aryl methyl sites for hydroxylation is 1. The van der Waals surface area contributed by atoms with Crippen molar-refractivity contribution in [3.63, 3.8) is 0 Å². The highest BCUT2D eigenvalue weighted by atomic mass is 35.5. The monoisotopic (exact) mass is 231 g/mol. The summed E-state index contributed by atoms with van der Waals surface area (Å²) in [7, 11) is 0. The zero-order chi connectivity index (χ0) is 10.2. The van der Waals surface area contributed by atoms with E-state index >= 15 is 0 Å². The molecule has 0 saturated carbocycles. The first-order chi connectivity index (χ1) is 6.86. The first-order valence-corrected chi connectivity index (χ1v) is 6.77. The lowest BCUT2D eigenvalue weighted by molar-refractivity contribution is 0.631. The molecule has 0 amide bonds. The van der Waals surface area contributed by atoms with Crippen LogP contribution in [0.25, 0.3) is 0 Å². The molecule has 0 aliphatic carbocycles. The van der Waals surface area contributed by atoms with E-state index in [1.165, 1.54) is 37.1 Å². The van der Waals surface area contributed by atoms with Crippen LogP contribution in [0, 0.1) is 0 Å². The topological polar surface area (TPSA) is 12.9 Å². The van der Waals surface area contributed by atoms with Crippen LogP contribution in [0.5, 0.6) is 0 Å². The Bertz CT molecular complexity index is 247. The summed E-state index contributed by atoms with van der Waals surface area (Å²) < 4.78 is 0. The summed E-state index contributed by atoms with van der Waals surface area (Å²) in [5.41, 5.74) is 1.03. The maximum atomic E-state index is 5.69. The summed E-state index contributed by atoms with van der Waals surface area (Å²) in [6.07, 6.45) is 7.78. The number of hydrogen-bond donors (Lipinski definition) is 0. The molecule has 0 spiro atoms. The molecular formula is C11H18ClNS. The molecule has 3 heteroatoms. The number of halogens is 1. The average molecular weight is 232 g/mol. The summed E-state index contributed by atoms with van der Waals surface area (Å²) in [6, 6.07) is 0. The van der Waals surface area contributed by atoms with Crippen molar-refractivity contribution in [2.24, 2.45) is 0 Å². The van der Waals surface area contributed by atoms with Gasteiger partial charge < -0.3 is 0 Å². The molecule has 14 heavy (non-hydrogen) atoms. The smallest absolute Gasteiger partial charge is 0.0928 e. The summed E-state index contributed by atoms with van der Waals surface area (Å²) in [4.78, 5) is 4.43. The van der Waals surface area contributed by atoms with Crippen LogP contribution < -0.4 is 0 Å². The molecule has 0 unspecified atom stereocenters. The lowest BCUT2D eigenvalue weighted by Gasteiger charge is -1.97. The molecule has 0 aliphatic rings. The highest BCUT2D eigenvalue weighted by Crippen LogP contribution is 2.15. The minimum absolute atomic E-state index is 0.548. The van der Waals surface area contributed by atoms with E-state index < -0.39 is 0 Å². The van der Waals surface area contributed by atoms with E-state index in [0.717, 1.165) is 12.1 Å². The Hall–Kier alpha value is -0.0800. The van der Waals surface area contributed by atoms with E-state index in [9.17, 15) is 0 Å². The number of thiazole rings is 1. The minimum atomic E-state index is 0.548. The van der Waals surface area contributed by atoms with Crippen molar-refractivity contribution in [2.75, 3.05) is 0 Å². The Morgan fingerprint density at radius 2 is 2.07 bits per heavy atom. The van der Waals surface area contributed by atoms with Gasteiger partial charge in [-0.15, -0.1) is 22.9 Å². The third kappa shape index (κ3) is 4.43. The Kier molecular flexibility index (Phi) is 6.20. The fourth-order valence-corrected chi connectivity index (χ4v) is 2.47. The maximum absolute atomic E-state index is 5.69. The number of aromatic nitrogens is 1. The van der Waals surface area contributed by atoms with Crippen LogP contribution in [0.1, 0.15) is 49.7 Å². The molecule has 0 radical (unpaired) electrons. The fourth-order valence-electron chi connectivity index (χ4n) is 1.40. The lowest BCUT2D eigenvalue weighted by Crippen LogP contribution is -1.86. The van der Waals surface area contributed by atoms with Gasteiger partial charge in [0.2, 0.25) is 0 Å². The van der Waals surface area contributed by atoms with Gasteiger partial charge in [-0.25, -0.2) is 4.98 Å². The minimum Gasteiger partial charge on any atom is -0.245 e. The Morgan fingerprint density at radius 1 is 1.29 bits per heavy atom. The predicted octanol–water partition coefficient (Wildman–Crippen LogP) is 4.39. The Labute approximate surface area is 95.5 Å². The van der Waals surface area contributed by atoms with Crippen molar-refractivity contribution < 1.29 is 0 Å². The van der Waals surface area contributed by atoms with Crippen molar-refractivity contribution >= 4 is 22.9 Å². The number of rotatable bonds is 7. The van der Waals surface area contributed by atoms with E-state index in [2.05, 4.69) is 17.3 Å². The summed E-state index contributed by atoms with van der Waals surface area (Å²) in [6.45, 7) is 2.24. The van der Waals surface area contributed by atoms with Crippen LogP contribution in [-0.4, -0.2) is 4.98 Å². The van der Waals surface area contributed by atoms with Gasteiger partial charge in [0.25, 0.3) is 0 Å². The molecule has 0 aromatic carbocycles. The van der Waals surface area contributed by atoms with Gasteiger partial charge in [0.15, 0.2) is 0 Å². The molecule has 0 saturated heterocycles. The highest BCUT2D eigenvalue weighted by Gasteiger charge is 2.00. The average Bonchev–Trinajstić information content (AvgIpc) is 2.65. The number of unbranched alkanes of at least 4 members (excludes halogenated alkanes) is 4. The molecule has 1 aromatic rings. The fraction of sp³-hybridized carbons (Fsp3) is 0.727. The highest BCUT2D eigenvalue weighted by molar-refractivity contribution is 7.09. The second-order valence-electron chi connectivity index (χ2n) is 3.53. The van der Waals surface area contributed by atoms with Crippen LogP contribution in [0.2, 0.25) is 0 Å². The lowest BCUT2D eigenvalue weighted by atomic mass is 10.1. The van der Waals surface area contributed by atoms with Crippen molar-refractivity contribution in [3.8, 4) is 0 Å². The Balaban J connectivity index is 2.12. The standard InChI is InChI=1S/C11H18ClNS/c1-2-3-4-5-6-7-11-13-10(8-12)9-14-11/h9H,2-8H2,1H3. The first-order valence-electron chi connectivity index (χ1n) is 5.36. The normalized spacial score (nSPS) is 10.7. The first kappa shape index (κ1) is 12.0. The molecule has 1 heterocycles. The third-order valence-corrected chi connectivity index (χ3v) is 3.46. The molecule has 0 atom stereocenters. The molecule has 0 bridgehead atoms. The molecule has 1 rings (SSSR count). The van der Waals surface area contributed by atoms with Gasteiger partial charge in [-0.3, -0.25) is 0 Å². The molecule has 0 fully saturated rings. The zero-order valence-electron chi connectivity index (χ0n) is 8.76. The van der Waals surface area contributed by atoms with Crippen LogP contribution in [0.4, 0.5) is 0 Å². The third-order valence-electron chi connectivity index (χ3n) is 2.23. The van der Waals surface area contributed by atoms with Crippen molar-refractivity contribution in [3.05, 3.63) is 16.1 Å². The number of alkyl halides is 1. The van der Waals surface area contributed by atoms with Gasteiger partial charge in [0.05, 0.1) is 16.6 Å². The summed E-state index contributed by atoms with van der Waals surface area (Å²) in [5.74, 6) is 0.548. The van der Waals surface area contributed by atoms with Crippen LogP contribution in [-0.2, 0) is 12.3 Å². The van der Waals surface area contributed by atoms with Gasteiger partial charge in [-0.2, -0.15) is 0 Å². The number of hydrogen-bond acceptors (Lipinski definition) is 2. The largest absolute Gasteiger partial charge is 0.245 e. The van der Waals surface area contributed by atoms with E-state index in [1.54, 1.807) is 11.3 Å². The molecule has 1 aromatic heterocycles. The molecule has 80 valence electrons. The van der Waals surface area contributed by atoms with Crippen LogP contribution in [0.3, 0.4) is 0 Å². The van der Waals surface area contributed by atoms with E-state index in [4.69, 9.17) is 11.6 Å². The van der Waals surface area contributed by atoms with Crippen molar-refractivity contribution in [1.82, 2.24) is 4.98 Å². The molecule has 0 aliphatic heterocycles. The van der Waals surface area contributed by atoms with E-state index in [1.807, 2.05) is 0 Å². The van der Waals surface area contributed by atoms with Gasteiger partial charge >= 0.3 is 0 Å². The molecule has 1 nitrogen and oxygen atoms in total. The zero-order valence-corrected chi connectivity index (χ0v) is 10.3. The van der Waals surface area contributed by atoms with E-state index in [-0.39, 0.29) is 0 Å². The SMILES string of the molecule is CCCCCCCc1nc(CCl)cs1. The summed E-state index contributed by atoms with van der Waals surface area (Å²) in [5, 5.41) is 3.31. The van der Waals surface area contributed by atoms with Crippen LogP contribution in [0.15, 0.2) is 5.38 Å². The van der Waals surface area contributed by atoms with E-state index in [0.29, 0.717) is 5.88 Å².